The summed E-state index contributed by atoms with van der Waals surface area (Å²) >= 11 is 0. The van der Waals surface area contributed by atoms with Crippen molar-refractivity contribution in [2.75, 3.05) is 5.32 Å². The molecule has 128 valence electrons. The molecule has 3 fully saturated rings. The number of nitrogens with zero attached hydrogens (tertiary/aromatic N) is 3. The summed E-state index contributed by atoms with van der Waals surface area (Å²) in [6.45, 7) is 0. The van der Waals surface area contributed by atoms with E-state index in [0.717, 1.165) is 42.6 Å². The van der Waals surface area contributed by atoms with E-state index in [4.69, 9.17) is 5.73 Å². The van der Waals surface area contributed by atoms with Gasteiger partial charge in [0.1, 0.15) is 5.82 Å². The molecule has 0 spiro atoms. The highest BCUT2D eigenvalue weighted by molar-refractivity contribution is 5.51. The summed E-state index contributed by atoms with van der Waals surface area (Å²) in [6, 6.07) is 2.72. The van der Waals surface area contributed by atoms with Crippen molar-refractivity contribution in [3.8, 4) is 0 Å². The van der Waals surface area contributed by atoms with Crippen LogP contribution in [-0.2, 0) is 0 Å². The number of hydrogen-bond donors (Lipinski definition) is 2. The first-order valence-electron chi connectivity index (χ1n) is 9.25. The van der Waals surface area contributed by atoms with Crippen LogP contribution in [0.3, 0.4) is 0 Å². The molecule has 2 aromatic rings. The molecule has 0 aliphatic heterocycles. The summed E-state index contributed by atoms with van der Waals surface area (Å²) < 4.78 is 15.8. The molecule has 3 N–H and O–H groups in total. The zero-order valence-corrected chi connectivity index (χ0v) is 13.8. The summed E-state index contributed by atoms with van der Waals surface area (Å²) in [7, 11) is 0. The van der Waals surface area contributed by atoms with E-state index in [0.29, 0.717) is 17.6 Å². The van der Waals surface area contributed by atoms with E-state index in [9.17, 15) is 4.39 Å². The van der Waals surface area contributed by atoms with Gasteiger partial charge in [0.05, 0.1) is 11.9 Å². The van der Waals surface area contributed by atoms with Crippen LogP contribution in [0.25, 0.3) is 5.65 Å². The van der Waals surface area contributed by atoms with Gasteiger partial charge in [-0.3, -0.25) is 0 Å². The van der Waals surface area contributed by atoms with Crippen LogP contribution in [0.5, 0.6) is 0 Å². The predicted octanol–water partition coefficient (Wildman–Crippen LogP) is 3.06. The molecule has 5 rings (SSSR count). The SMILES string of the molecule is N[C@H]1CC[C@H](Nc2cc(C(C3CC3)C3CC3)nc3c(F)cnn23)C1. The Bertz CT molecular complexity index is 752. The van der Waals surface area contributed by atoms with E-state index >= 15 is 0 Å². The molecular weight excluding hydrogens is 305 g/mol. The first-order valence-corrected chi connectivity index (χ1v) is 9.25. The fourth-order valence-electron chi connectivity index (χ4n) is 4.36. The van der Waals surface area contributed by atoms with Crippen molar-refractivity contribution in [2.24, 2.45) is 17.6 Å². The Labute approximate surface area is 140 Å². The highest BCUT2D eigenvalue weighted by atomic mass is 19.1. The second-order valence-corrected chi connectivity index (χ2v) is 7.91. The van der Waals surface area contributed by atoms with Gasteiger partial charge in [0.2, 0.25) is 0 Å². The number of fused-ring (bicyclic) bond motifs is 1. The average Bonchev–Trinajstić information content (AvgIpc) is 3.48. The Morgan fingerprint density at radius 1 is 1.17 bits per heavy atom. The lowest BCUT2D eigenvalue weighted by atomic mass is 9.93. The van der Waals surface area contributed by atoms with E-state index in [1.165, 1.54) is 31.9 Å². The van der Waals surface area contributed by atoms with E-state index in [1.54, 1.807) is 4.52 Å². The van der Waals surface area contributed by atoms with Crippen molar-refractivity contribution in [1.82, 2.24) is 14.6 Å². The van der Waals surface area contributed by atoms with Crippen LogP contribution in [0, 0.1) is 17.7 Å². The van der Waals surface area contributed by atoms with E-state index in [2.05, 4.69) is 21.5 Å². The van der Waals surface area contributed by atoms with E-state index < -0.39 is 0 Å². The molecular formula is C18H24FN5. The number of halogens is 1. The quantitative estimate of drug-likeness (QED) is 0.884. The van der Waals surface area contributed by atoms with Crippen molar-refractivity contribution in [1.29, 1.82) is 0 Å². The van der Waals surface area contributed by atoms with Crippen LogP contribution in [0.15, 0.2) is 12.3 Å². The number of aromatic nitrogens is 3. The van der Waals surface area contributed by atoms with Crippen molar-refractivity contribution in [3.05, 3.63) is 23.8 Å². The Hall–Kier alpha value is -1.69. The van der Waals surface area contributed by atoms with Crippen LogP contribution >= 0.6 is 0 Å². The molecule has 24 heavy (non-hydrogen) atoms. The van der Waals surface area contributed by atoms with Crippen LogP contribution in [0.1, 0.15) is 56.6 Å². The molecule has 2 atom stereocenters. The number of rotatable bonds is 5. The van der Waals surface area contributed by atoms with Gasteiger partial charge < -0.3 is 11.1 Å². The van der Waals surface area contributed by atoms with E-state index in [1.807, 2.05) is 0 Å². The summed E-state index contributed by atoms with van der Waals surface area (Å²) in [5.41, 5.74) is 7.44. The molecule has 5 nitrogen and oxygen atoms in total. The first kappa shape index (κ1) is 14.6. The normalized spacial score (nSPS) is 27.3. The molecule has 2 aromatic heterocycles. The average molecular weight is 329 g/mol. The van der Waals surface area contributed by atoms with Gasteiger partial charge in [0, 0.05) is 24.1 Å². The van der Waals surface area contributed by atoms with Gasteiger partial charge in [-0.2, -0.15) is 9.61 Å². The van der Waals surface area contributed by atoms with Gasteiger partial charge in [-0.05, 0) is 56.8 Å². The standard InChI is InChI=1S/C18H24FN5/c19-14-9-21-24-16(22-13-6-5-12(20)7-13)8-15(23-18(14)24)17(10-1-2-10)11-3-4-11/h8-13,17,22H,1-7,20H2/t12-,13-/m0/s1. The minimum atomic E-state index is -0.339. The van der Waals surface area contributed by atoms with Crippen LogP contribution in [-0.4, -0.2) is 26.7 Å². The highest BCUT2D eigenvalue weighted by Crippen LogP contribution is 2.54. The lowest BCUT2D eigenvalue weighted by Gasteiger charge is -2.19. The highest BCUT2D eigenvalue weighted by Gasteiger charge is 2.43. The third kappa shape index (κ3) is 2.57. The molecule has 3 aliphatic carbocycles. The lowest BCUT2D eigenvalue weighted by Crippen LogP contribution is -2.22. The summed E-state index contributed by atoms with van der Waals surface area (Å²) in [4.78, 5) is 4.67. The maximum Gasteiger partial charge on any atom is 0.193 e. The summed E-state index contributed by atoms with van der Waals surface area (Å²) in [5.74, 6) is 2.51. The topological polar surface area (TPSA) is 68.2 Å². The zero-order chi connectivity index (χ0) is 16.3. The minimum Gasteiger partial charge on any atom is -0.367 e. The van der Waals surface area contributed by atoms with Gasteiger partial charge >= 0.3 is 0 Å². The Morgan fingerprint density at radius 2 is 1.92 bits per heavy atom. The molecule has 3 aliphatic rings. The third-order valence-electron chi connectivity index (χ3n) is 5.88. The van der Waals surface area contributed by atoms with Gasteiger partial charge in [0.15, 0.2) is 11.5 Å². The number of nitrogens with two attached hydrogens (primary N) is 1. The fraction of sp³-hybridized carbons (Fsp3) is 0.667. The molecule has 6 heteroatoms. The number of nitrogens with one attached hydrogen (secondary N) is 1. The second-order valence-electron chi connectivity index (χ2n) is 7.91. The maximum absolute atomic E-state index is 14.2. The Balaban J connectivity index is 1.54. The number of anilines is 1. The smallest absolute Gasteiger partial charge is 0.193 e. The molecule has 0 saturated heterocycles. The van der Waals surface area contributed by atoms with Crippen molar-refractivity contribution >= 4 is 11.5 Å². The monoisotopic (exact) mass is 329 g/mol. The minimum absolute atomic E-state index is 0.263. The van der Waals surface area contributed by atoms with Crippen molar-refractivity contribution < 1.29 is 4.39 Å². The molecule has 0 radical (unpaired) electrons. The Kier molecular flexibility index (Phi) is 3.30. The van der Waals surface area contributed by atoms with Gasteiger partial charge in [-0.15, -0.1) is 0 Å². The first-order chi connectivity index (χ1) is 11.7. The molecule has 0 unspecified atom stereocenters. The maximum atomic E-state index is 14.2. The van der Waals surface area contributed by atoms with Crippen molar-refractivity contribution in [2.45, 2.75) is 62.9 Å². The predicted molar refractivity (Wildman–Crippen MR) is 90.4 cm³/mol. The molecule has 2 heterocycles. The molecule has 0 bridgehead atoms. The molecule has 0 aromatic carbocycles. The van der Waals surface area contributed by atoms with E-state index in [-0.39, 0.29) is 11.9 Å². The largest absolute Gasteiger partial charge is 0.367 e. The van der Waals surface area contributed by atoms with Gasteiger partial charge in [0.25, 0.3) is 0 Å². The zero-order valence-electron chi connectivity index (χ0n) is 13.8. The summed E-state index contributed by atoms with van der Waals surface area (Å²) in [6.07, 6.45) is 9.47. The molecule has 3 saturated carbocycles. The summed E-state index contributed by atoms with van der Waals surface area (Å²) in [5, 5.41) is 7.74. The number of hydrogen-bond acceptors (Lipinski definition) is 4. The lowest BCUT2D eigenvalue weighted by molar-refractivity contribution is 0.523. The fourth-order valence-corrected chi connectivity index (χ4v) is 4.36. The van der Waals surface area contributed by atoms with Crippen LogP contribution < -0.4 is 11.1 Å². The molecule has 0 amide bonds. The van der Waals surface area contributed by atoms with Crippen molar-refractivity contribution in [3.63, 3.8) is 0 Å². The van der Waals surface area contributed by atoms with Crippen LogP contribution in [0.2, 0.25) is 0 Å². The van der Waals surface area contributed by atoms with Crippen LogP contribution in [0.4, 0.5) is 10.2 Å². The third-order valence-corrected chi connectivity index (χ3v) is 5.88. The Morgan fingerprint density at radius 3 is 2.54 bits per heavy atom. The second kappa shape index (κ2) is 5.41. The van der Waals surface area contributed by atoms with Gasteiger partial charge in [-0.1, -0.05) is 0 Å². The van der Waals surface area contributed by atoms with Gasteiger partial charge in [-0.25, -0.2) is 9.37 Å².